The topological polar surface area (TPSA) is 55.6 Å². The van der Waals surface area contributed by atoms with Gasteiger partial charge in [-0.05, 0) is 49.6 Å². The second-order valence-electron chi connectivity index (χ2n) is 5.17. The van der Waals surface area contributed by atoms with E-state index in [1.807, 2.05) is 40.0 Å². The van der Waals surface area contributed by atoms with E-state index in [1.165, 1.54) is 0 Å². The van der Waals surface area contributed by atoms with E-state index in [0.717, 1.165) is 16.9 Å². The lowest BCUT2D eigenvalue weighted by molar-refractivity contribution is 0.0777. The predicted octanol–water partition coefficient (Wildman–Crippen LogP) is 1.98. The van der Waals surface area contributed by atoms with Crippen LogP contribution in [0.2, 0.25) is 0 Å². The van der Waals surface area contributed by atoms with Crippen LogP contribution in [-0.2, 0) is 0 Å². The molecule has 4 nitrogen and oxygen atoms in total. The molecule has 106 valence electrons. The molecule has 0 aliphatic carbocycles. The number of nitrogens with zero attached hydrogens (tertiary/aromatic N) is 1. The molecule has 0 aliphatic heterocycles. The van der Waals surface area contributed by atoms with Crippen molar-refractivity contribution >= 4 is 5.91 Å². The summed E-state index contributed by atoms with van der Waals surface area (Å²) in [4.78, 5) is 14.1. The Hall–Kier alpha value is -1.55. The van der Waals surface area contributed by atoms with Crippen LogP contribution in [0.5, 0.6) is 5.75 Å². The highest BCUT2D eigenvalue weighted by atomic mass is 16.5. The molecule has 0 heterocycles. The number of hydrogen-bond acceptors (Lipinski definition) is 3. The Balaban J connectivity index is 2.94. The maximum Gasteiger partial charge on any atom is 0.253 e. The van der Waals surface area contributed by atoms with Crippen LogP contribution in [0.25, 0.3) is 0 Å². The van der Waals surface area contributed by atoms with Gasteiger partial charge in [0.05, 0.1) is 7.11 Å². The van der Waals surface area contributed by atoms with Gasteiger partial charge in [0.2, 0.25) is 0 Å². The number of carbonyl (C=O) groups is 1. The van der Waals surface area contributed by atoms with Gasteiger partial charge in [-0.2, -0.15) is 0 Å². The first-order valence-electron chi connectivity index (χ1n) is 6.51. The highest BCUT2D eigenvalue weighted by molar-refractivity contribution is 5.94. The first-order chi connectivity index (χ1) is 8.90. The molecule has 1 rings (SSSR count). The lowest BCUT2D eigenvalue weighted by atomic mass is 10.0. The van der Waals surface area contributed by atoms with Gasteiger partial charge >= 0.3 is 0 Å². The van der Waals surface area contributed by atoms with Crippen LogP contribution in [-0.4, -0.2) is 38.1 Å². The van der Waals surface area contributed by atoms with Crippen LogP contribution < -0.4 is 10.5 Å². The van der Waals surface area contributed by atoms with Crippen LogP contribution in [0.3, 0.4) is 0 Å². The fourth-order valence-electron chi connectivity index (χ4n) is 2.24. The normalized spacial score (nSPS) is 12.1. The van der Waals surface area contributed by atoms with Gasteiger partial charge in [0.1, 0.15) is 5.75 Å². The minimum atomic E-state index is 0.0224. The zero-order valence-corrected chi connectivity index (χ0v) is 12.5. The molecule has 0 saturated carbocycles. The summed E-state index contributed by atoms with van der Waals surface area (Å²) < 4.78 is 5.31. The lowest BCUT2D eigenvalue weighted by Crippen LogP contribution is -2.33. The van der Waals surface area contributed by atoms with Gasteiger partial charge in [-0.1, -0.05) is 6.92 Å². The SMILES string of the molecule is COc1c(C)cc(C(=O)N(C)CC(C)CN)cc1C. The van der Waals surface area contributed by atoms with Crippen molar-refractivity contribution in [3.63, 3.8) is 0 Å². The Bertz CT molecular complexity index is 434. The van der Waals surface area contributed by atoms with Gasteiger partial charge in [0.15, 0.2) is 0 Å². The van der Waals surface area contributed by atoms with E-state index >= 15 is 0 Å². The van der Waals surface area contributed by atoms with Crippen LogP contribution in [0.15, 0.2) is 12.1 Å². The number of methoxy groups -OCH3 is 1. The Kier molecular flexibility index (Phi) is 5.36. The molecule has 0 radical (unpaired) electrons. The zero-order chi connectivity index (χ0) is 14.6. The van der Waals surface area contributed by atoms with Crippen molar-refractivity contribution in [2.75, 3.05) is 27.2 Å². The molecule has 0 bridgehead atoms. The first kappa shape index (κ1) is 15.5. The Morgan fingerprint density at radius 1 is 1.37 bits per heavy atom. The average molecular weight is 264 g/mol. The van der Waals surface area contributed by atoms with Gasteiger partial charge in [0.25, 0.3) is 5.91 Å². The van der Waals surface area contributed by atoms with Crippen molar-refractivity contribution < 1.29 is 9.53 Å². The number of nitrogens with two attached hydrogens (primary N) is 1. The van der Waals surface area contributed by atoms with Gasteiger partial charge < -0.3 is 15.4 Å². The summed E-state index contributed by atoms with van der Waals surface area (Å²) in [5.41, 5.74) is 8.24. The van der Waals surface area contributed by atoms with Crippen LogP contribution in [0.1, 0.15) is 28.4 Å². The van der Waals surface area contributed by atoms with Crippen molar-refractivity contribution in [3.8, 4) is 5.75 Å². The molecule has 1 aromatic rings. The third-order valence-corrected chi connectivity index (χ3v) is 3.25. The summed E-state index contributed by atoms with van der Waals surface area (Å²) in [5.74, 6) is 1.16. The fraction of sp³-hybridized carbons (Fsp3) is 0.533. The zero-order valence-electron chi connectivity index (χ0n) is 12.5. The molecular weight excluding hydrogens is 240 g/mol. The molecule has 1 aromatic carbocycles. The summed E-state index contributed by atoms with van der Waals surface area (Å²) in [6, 6.07) is 3.75. The number of amides is 1. The van der Waals surface area contributed by atoms with Gasteiger partial charge in [-0.25, -0.2) is 0 Å². The van der Waals surface area contributed by atoms with E-state index in [4.69, 9.17) is 10.5 Å². The standard InChI is InChI=1S/C15H24N2O2/c1-10(8-16)9-17(4)15(18)13-6-11(2)14(19-5)12(3)7-13/h6-7,10H,8-9,16H2,1-5H3. The second kappa shape index (κ2) is 6.57. The molecule has 0 saturated heterocycles. The number of hydrogen-bond donors (Lipinski definition) is 1. The maximum atomic E-state index is 12.3. The van der Waals surface area contributed by atoms with E-state index in [2.05, 4.69) is 0 Å². The molecule has 0 spiro atoms. The van der Waals surface area contributed by atoms with Crippen LogP contribution in [0, 0.1) is 19.8 Å². The molecule has 1 amide bonds. The monoisotopic (exact) mass is 264 g/mol. The largest absolute Gasteiger partial charge is 0.496 e. The summed E-state index contributed by atoms with van der Waals surface area (Å²) in [6.07, 6.45) is 0. The predicted molar refractivity (Wildman–Crippen MR) is 77.6 cm³/mol. The van der Waals surface area contributed by atoms with Gasteiger partial charge in [-0.15, -0.1) is 0 Å². The number of rotatable bonds is 5. The minimum Gasteiger partial charge on any atom is -0.496 e. The number of carbonyl (C=O) groups excluding carboxylic acids is 1. The van der Waals surface area contributed by atoms with Crippen molar-refractivity contribution in [1.29, 1.82) is 0 Å². The van der Waals surface area contributed by atoms with E-state index in [0.29, 0.717) is 24.6 Å². The van der Waals surface area contributed by atoms with Gasteiger partial charge in [-0.3, -0.25) is 4.79 Å². The average Bonchev–Trinajstić information content (AvgIpc) is 2.37. The molecule has 2 N–H and O–H groups in total. The fourth-order valence-corrected chi connectivity index (χ4v) is 2.24. The summed E-state index contributed by atoms with van der Waals surface area (Å²) in [6.45, 7) is 7.18. The molecule has 0 fully saturated rings. The minimum absolute atomic E-state index is 0.0224. The van der Waals surface area contributed by atoms with Gasteiger partial charge in [0, 0.05) is 19.2 Å². The molecule has 0 aromatic heterocycles. The molecular formula is C15H24N2O2. The highest BCUT2D eigenvalue weighted by Gasteiger charge is 2.16. The number of benzene rings is 1. The molecule has 19 heavy (non-hydrogen) atoms. The Labute approximate surface area is 115 Å². The van der Waals surface area contributed by atoms with E-state index in [-0.39, 0.29) is 5.91 Å². The smallest absolute Gasteiger partial charge is 0.253 e. The summed E-state index contributed by atoms with van der Waals surface area (Å²) in [5, 5.41) is 0. The maximum absolute atomic E-state index is 12.3. The quantitative estimate of drug-likeness (QED) is 0.884. The van der Waals surface area contributed by atoms with Crippen molar-refractivity contribution in [2.24, 2.45) is 11.7 Å². The molecule has 1 unspecified atom stereocenters. The van der Waals surface area contributed by atoms with E-state index in [9.17, 15) is 4.79 Å². The molecule has 1 atom stereocenters. The lowest BCUT2D eigenvalue weighted by Gasteiger charge is -2.21. The number of aryl methyl sites for hydroxylation is 2. The van der Waals surface area contributed by atoms with E-state index < -0.39 is 0 Å². The van der Waals surface area contributed by atoms with Crippen LogP contribution in [0.4, 0.5) is 0 Å². The first-order valence-corrected chi connectivity index (χ1v) is 6.51. The Morgan fingerprint density at radius 2 is 1.89 bits per heavy atom. The third kappa shape index (κ3) is 3.70. The van der Waals surface area contributed by atoms with Crippen LogP contribution >= 0.6 is 0 Å². The number of ether oxygens (including phenoxy) is 1. The molecule has 0 aliphatic rings. The Morgan fingerprint density at radius 3 is 2.32 bits per heavy atom. The summed E-state index contributed by atoms with van der Waals surface area (Å²) >= 11 is 0. The summed E-state index contributed by atoms with van der Waals surface area (Å²) in [7, 11) is 3.45. The van der Waals surface area contributed by atoms with Crippen molar-refractivity contribution in [1.82, 2.24) is 4.90 Å². The third-order valence-electron chi connectivity index (χ3n) is 3.25. The van der Waals surface area contributed by atoms with Crippen molar-refractivity contribution in [2.45, 2.75) is 20.8 Å². The second-order valence-corrected chi connectivity index (χ2v) is 5.17. The highest BCUT2D eigenvalue weighted by Crippen LogP contribution is 2.24. The van der Waals surface area contributed by atoms with Crippen molar-refractivity contribution in [3.05, 3.63) is 28.8 Å². The van der Waals surface area contributed by atoms with E-state index in [1.54, 1.807) is 12.0 Å². The molecule has 4 heteroatoms.